The van der Waals surface area contributed by atoms with Crippen molar-refractivity contribution in [2.24, 2.45) is 0 Å². The van der Waals surface area contributed by atoms with E-state index in [1.165, 1.54) is 0 Å². The number of amides is 3. The summed E-state index contributed by atoms with van der Waals surface area (Å²) in [5.74, 6) is 0.0342. The summed E-state index contributed by atoms with van der Waals surface area (Å²) in [5.41, 5.74) is 0. The van der Waals surface area contributed by atoms with E-state index in [2.05, 4.69) is 31.4 Å². The summed E-state index contributed by atoms with van der Waals surface area (Å²) in [6, 6.07) is -1.40. The maximum atomic E-state index is 12.3. The molecular formula is C13H22F3N3O2S. The van der Waals surface area contributed by atoms with E-state index >= 15 is 0 Å². The molecule has 0 radical (unpaired) electrons. The maximum Gasteiger partial charge on any atom is 0.406 e. The lowest BCUT2D eigenvalue weighted by atomic mass is 10.2. The first-order valence-electron chi connectivity index (χ1n) is 7.02. The van der Waals surface area contributed by atoms with Gasteiger partial charge < -0.3 is 15.5 Å². The largest absolute Gasteiger partial charge is 0.406 e. The summed E-state index contributed by atoms with van der Waals surface area (Å²) in [4.78, 5) is 24.1. The molecule has 2 N–H and O–H groups in total. The van der Waals surface area contributed by atoms with E-state index in [0.717, 1.165) is 10.7 Å². The molecule has 9 heteroatoms. The third kappa shape index (κ3) is 7.24. The topological polar surface area (TPSA) is 61.4 Å². The van der Waals surface area contributed by atoms with Gasteiger partial charge in [0.15, 0.2) is 0 Å². The van der Waals surface area contributed by atoms with Crippen LogP contribution in [0.25, 0.3) is 0 Å². The molecule has 0 aromatic rings. The molecule has 1 heterocycles. The van der Waals surface area contributed by atoms with E-state index in [1.54, 1.807) is 11.8 Å². The lowest BCUT2D eigenvalue weighted by Crippen LogP contribution is -2.47. The molecule has 1 aliphatic heterocycles. The van der Waals surface area contributed by atoms with Gasteiger partial charge in [-0.3, -0.25) is 4.79 Å². The lowest BCUT2D eigenvalue weighted by Gasteiger charge is -2.19. The smallest absolute Gasteiger partial charge is 0.337 e. The van der Waals surface area contributed by atoms with Crippen molar-refractivity contribution in [3.05, 3.63) is 0 Å². The Morgan fingerprint density at radius 2 is 2.00 bits per heavy atom. The molecule has 1 aliphatic rings. The molecule has 128 valence electrons. The molecule has 0 unspecified atom stereocenters. The first kappa shape index (κ1) is 18.9. The van der Waals surface area contributed by atoms with Crippen molar-refractivity contribution in [3.8, 4) is 0 Å². The quantitative estimate of drug-likeness (QED) is 0.752. The van der Waals surface area contributed by atoms with Gasteiger partial charge in [0.25, 0.3) is 0 Å². The maximum absolute atomic E-state index is 12.3. The van der Waals surface area contributed by atoms with E-state index in [-0.39, 0.29) is 17.7 Å². The van der Waals surface area contributed by atoms with Crippen LogP contribution in [0, 0.1) is 0 Å². The third-order valence-electron chi connectivity index (χ3n) is 2.90. The van der Waals surface area contributed by atoms with Crippen LogP contribution in [-0.2, 0) is 4.79 Å². The fourth-order valence-corrected chi connectivity index (χ4v) is 2.79. The molecule has 0 saturated carbocycles. The Hall–Kier alpha value is -1.12. The average Bonchev–Trinajstić information content (AvgIpc) is 2.64. The summed E-state index contributed by atoms with van der Waals surface area (Å²) in [6.07, 6.45) is -4.23. The van der Waals surface area contributed by atoms with Gasteiger partial charge in [-0.15, -0.1) is 0 Å². The Morgan fingerprint density at radius 3 is 2.55 bits per heavy atom. The van der Waals surface area contributed by atoms with E-state index in [9.17, 15) is 22.8 Å². The number of likely N-dealkylation sites (tertiary alicyclic amines) is 1. The Kier molecular flexibility index (Phi) is 6.39. The second kappa shape index (κ2) is 7.43. The first-order valence-corrected chi connectivity index (χ1v) is 8.00. The number of nitrogens with one attached hydrogen (secondary N) is 2. The number of hydrogen-bond acceptors (Lipinski definition) is 3. The molecule has 1 atom stereocenters. The predicted octanol–water partition coefficient (Wildman–Crippen LogP) is 1.98. The van der Waals surface area contributed by atoms with Crippen LogP contribution in [0.1, 0.15) is 27.2 Å². The normalized spacial score (nSPS) is 19.5. The number of rotatable bonds is 5. The third-order valence-corrected chi connectivity index (χ3v) is 4.17. The summed E-state index contributed by atoms with van der Waals surface area (Å²) in [7, 11) is 0. The van der Waals surface area contributed by atoms with Gasteiger partial charge in [-0.1, -0.05) is 20.8 Å². The summed E-state index contributed by atoms with van der Waals surface area (Å²) >= 11 is 1.68. The standard InChI is InChI=1S/C13H22F3N3O2S/c1-12(2,3)22-7-5-17-11(21)18-9-4-6-19(10(9)20)8-13(14,15)16/h9H,4-8H2,1-3H3,(H2,17,18,21)/t9-/m1/s1. The van der Waals surface area contributed by atoms with E-state index in [1.807, 2.05) is 0 Å². The summed E-state index contributed by atoms with van der Waals surface area (Å²) in [6.45, 7) is 5.34. The minimum atomic E-state index is -4.42. The van der Waals surface area contributed by atoms with Crippen LogP contribution in [-0.4, -0.2) is 59.2 Å². The molecule has 1 saturated heterocycles. The molecule has 0 aliphatic carbocycles. The SMILES string of the molecule is CC(C)(C)SCCNC(=O)N[C@@H]1CCN(CC(F)(F)F)C1=O. The van der Waals surface area contributed by atoms with Crippen LogP contribution >= 0.6 is 11.8 Å². The monoisotopic (exact) mass is 341 g/mol. The molecule has 0 bridgehead atoms. The highest BCUT2D eigenvalue weighted by atomic mass is 32.2. The highest BCUT2D eigenvalue weighted by Crippen LogP contribution is 2.22. The summed E-state index contributed by atoms with van der Waals surface area (Å²) in [5, 5.41) is 5.03. The van der Waals surface area contributed by atoms with Crippen LogP contribution in [0.2, 0.25) is 0 Å². The highest BCUT2D eigenvalue weighted by Gasteiger charge is 2.39. The van der Waals surface area contributed by atoms with Crippen molar-refractivity contribution in [1.29, 1.82) is 0 Å². The van der Waals surface area contributed by atoms with Gasteiger partial charge in [-0.05, 0) is 6.42 Å². The van der Waals surface area contributed by atoms with Gasteiger partial charge in [0, 0.05) is 23.6 Å². The zero-order valence-electron chi connectivity index (χ0n) is 12.9. The Morgan fingerprint density at radius 1 is 1.36 bits per heavy atom. The molecule has 1 rings (SSSR count). The van der Waals surface area contributed by atoms with Crippen LogP contribution in [0.3, 0.4) is 0 Å². The molecule has 0 aromatic heterocycles. The van der Waals surface area contributed by atoms with Gasteiger partial charge in [-0.2, -0.15) is 24.9 Å². The van der Waals surface area contributed by atoms with Crippen LogP contribution in [0.4, 0.5) is 18.0 Å². The Bertz CT molecular complexity index is 410. The number of halogens is 3. The lowest BCUT2D eigenvalue weighted by molar-refractivity contribution is -0.157. The number of thioether (sulfide) groups is 1. The van der Waals surface area contributed by atoms with Crippen molar-refractivity contribution < 1.29 is 22.8 Å². The predicted molar refractivity (Wildman–Crippen MR) is 79.8 cm³/mol. The van der Waals surface area contributed by atoms with E-state index in [4.69, 9.17) is 0 Å². The van der Waals surface area contributed by atoms with Gasteiger partial charge in [-0.25, -0.2) is 4.79 Å². The van der Waals surface area contributed by atoms with E-state index in [0.29, 0.717) is 6.54 Å². The number of urea groups is 1. The number of alkyl halides is 3. The molecule has 22 heavy (non-hydrogen) atoms. The van der Waals surface area contributed by atoms with Crippen molar-refractivity contribution in [2.75, 3.05) is 25.4 Å². The fraction of sp³-hybridized carbons (Fsp3) is 0.846. The van der Waals surface area contributed by atoms with E-state index < -0.39 is 30.7 Å². The fourth-order valence-electron chi connectivity index (χ4n) is 1.98. The first-order chi connectivity index (χ1) is 9.98. The minimum absolute atomic E-state index is 0.00314. The number of nitrogens with zero attached hydrogens (tertiary/aromatic N) is 1. The van der Waals surface area contributed by atoms with Crippen LogP contribution < -0.4 is 10.6 Å². The zero-order valence-corrected chi connectivity index (χ0v) is 13.7. The molecule has 0 aromatic carbocycles. The van der Waals surface area contributed by atoms with Gasteiger partial charge in [0.05, 0.1) is 0 Å². The van der Waals surface area contributed by atoms with Gasteiger partial charge >= 0.3 is 12.2 Å². The molecule has 1 fully saturated rings. The molecule has 3 amide bonds. The van der Waals surface area contributed by atoms with Crippen molar-refractivity contribution in [2.45, 2.75) is 44.2 Å². The van der Waals surface area contributed by atoms with Gasteiger partial charge in [0.2, 0.25) is 5.91 Å². The number of carbonyl (C=O) groups excluding carboxylic acids is 2. The molecule has 5 nitrogen and oxygen atoms in total. The zero-order chi connectivity index (χ0) is 17.0. The average molecular weight is 341 g/mol. The molecule has 0 spiro atoms. The Balaban J connectivity index is 2.29. The molecular weight excluding hydrogens is 319 g/mol. The van der Waals surface area contributed by atoms with Crippen molar-refractivity contribution >= 4 is 23.7 Å². The van der Waals surface area contributed by atoms with Crippen molar-refractivity contribution in [3.63, 3.8) is 0 Å². The van der Waals surface area contributed by atoms with Gasteiger partial charge in [0.1, 0.15) is 12.6 Å². The summed E-state index contributed by atoms with van der Waals surface area (Å²) < 4.78 is 36.9. The highest BCUT2D eigenvalue weighted by molar-refractivity contribution is 8.00. The Labute approximate surface area is 132 Å². The second-order valence-electron chi connectivity index (χ2n) is 6.08. The van der Waals surface area contributed by atoms with Crippen LogP contribution in [0.15, 0.2) is 0 Å². The number of hydrogen-bond donors (Lipinski definition) is 2. The second-order valence-corrected chi connectivity index (χ2v) is 8.00. The number of carbonyl (C=O) groups is 2. The minimum Gasteiger partial charge on any atom is -0.337 e. The van der Waals surface area contributed by atoms with Crippen molar-refractivity contribution in [1.82, 2.24) is 15.5 Å². The van der Waals surface area contributed by atoms with Crippen LogP contribution in [0.5, 0.6) is 0 Å².